The van der Waals surface area contributed by atoms with Crippen molar-refractivity contribution in [2.24, 2.45) is 0 Å². The predicted molar refractivity (Wildman–Crippen MR) is 86.6 cm³/mol. The zero-order valence-electron chi connectivity index (χ0n) is 11.6. The number of rotatable bonds is 6. The van der Waals surface area contributed by atoms with Gasteiger partial charge in [0.1, 0.15) is 0 Å². The van der Waals surface area contributed by atoms with Gasteiger partial charge in [0.2, 0.25) is 0 Å². The third-order valence-electron chi connectivity index (χ3n) is 2.84. The SMILES string of the molecule is CCCNc1cc(Nc2ccc(Cl)cc2)cc([N+](=O)[O-])c1. The highest BCUT2D eigenvalue weighted by Crippen LogP contribution is 2.27. The molecule has 0 radical (unpaired) electrons. The fourth-order valence-electron chi connectivity index (χ4n) is 1.86. The second-order valence-electron chi connectivity index (χ2n) is 4.58. The van der Waals surface area contributed by atoms with Crippen molar-refractivity contribution in [1.29, 1.82) is 0 Å². The van der Waals surface area contributed by atoms with Crippen molar-refractivity contribution in [3.05, 3.63) is 57.6 Å². The second-order valence-corrected chi connectivity index (χ2v) is 5.02. The Morgan fingerprint density at radius 3 is 2.38 bits per heavy atom. The molecule has 0 aliphatic heterocycles. The van der Waals surface area contributed by atoms with Gasteiger partial charge in [-0.1, -0.05) is 18.5 Å². The first-order valence-corrected chi connectivity index (χ1v) is 7.02. The maximum absolute atomic E-state index is 11.0. The van der Waals surface area contributed by atoms with Crippen LogP contribution in [0.15, 0.2) is 42.5 Å². The van der Waals surface area contributed by atoms with Crippen LogP contribution in [0.3, 0.4) is 0 Å². The van der Waals surface area contributed by atoms with Crippen molar-refractivity contribution in [3.63, 3.8) is 0 Å². The van der Waals surface area contributed by atoms with E-state index in [4.69, 9.17) is 11.6 Å². The second kappa shape index (κ2) is 6.95. The van der Waals surface area contributed by atoms with E-state index in [1.54, 1.807) is 12.1 Å². The number of non-ortho nitro benzene ring substituents is 1. The summed E-state index contributed by atoms with van der Waals surface area (Å²) in [6, 6.07) is 12.0. The molecule has 0 bridgehead atoms. The Balaban J connectivity index is 2.26. The van der Waals surface area contributed by atoms with Gasteiger partial charge in [-0.05, 0) is 36.8 Å². The van der Waals surface area contributed by atoms with E-state index < -0.39 is 4.92 Å². The first-order chi connectivity index (χ1) is 10.1. The lowest BCUT2D eigenvalue weighted by atomic mass is 10.2. The number of halogens is 1. The van der Waals surface area contributed by atoms with Gasteiger partial charge in [-0.15, -0.1) is 0 Å². The van der Waals surface area contributed by atoms with E-state index in [1.165, 1.54) is 12.1 Å². The largest absolute Gasteiger partial charge is 0.385 e. The number of nitro benzene ring substituents is 1. The Morgan fingerprint density at radius 2 is 1.76 bits per heavy atom. The van der Waals surface area contributed by atoms with Crippen molar-refractivity contribution >= 4 is 34.4 Å². The first-order valence-electron chi connectivity index (χ1n) is 6.64. The zero-order valence-corrected chi connectivity index (χ0v) is 12.4. The molecule has 2 aromatic rings. The highest BCUT2D eigenvalue weighted by Gasteiger charge is 2.10. The third-order valence-corrected chi connectivity index (χ3v) is 3.09. The highest BCUT2D eigenvalue weighted by molar-refractivity contribution is 6.30. The Morgan fingerprint density at radius 1 is 1.10 bits per heavy atom. The van der Waals surface area contributed by atoms with E-state index in [1.807, 2.05) is 25.1 Å². The van der Waals surface area contributed by atoms with Gasteiger partial charge in [-0.2, -0.15) is 0 Å². The van der Waals surface area contributed by atoms with Crippen LogP contribution < -0.4 is 10.6 Å². The van der Waals surface area contributed by atoms with E-state index in [2.05, 4.69) is 10.6 Å². The number of anilines is 3. The molecule has 0 saturated carbocycles. The Kier molecular flexibility index (Phi) is 5.00. The summed E-state index contributed by atoms with van der Waals surface area (Å²) in [5.74, 6) is 0. The van der Waals surface area contributed by atoms with E-state index in [9.17, 15) is 10.1 Å². The van der Waals surface area contributed by atoms with Gasteiger partial charge >= 0.3 is 0 Å². The molecular formula is C15H16ClN3O2. The predicted octanol–water partition coefficient (Wildman–Crippen LogP) is 4.81. The van der Waals surface area contributed by atoms with Gasteiger partial charge in [0.15, 0.2) is 0 Å². The molecule has 0 unspecified atom stereocenters. The average Bonchev–Trinajstić information content (AvgIpc) is 2.47. The van der Waals surface area contributed by atoms with Crippen molar-refractivity contribution in [2.45, 2.75) is 13.3 Å². The van der Waals surface area contributed by atoms with Gasteiger partial charge < -0.3 is 10.6 Å². The van der Waals surface area contributed by atoms with E-state index >= 15 is 0 Å². The van der Waals surface area contributed by atoms with Crippen LogP contribution in [0.1, 0.15) is 13.3 Å². The molecule has 0 fully saturated rings. The molecule has 2 aromatic carbocycles. The summed E-state index contributed by atoms with van der Waals surface area (Å²) in [6.45, 7) is 2.80. The lowest BCUT2D eigenvalue weighted by Crippen LogP contribution is -2.01. The quantitative estimate of drug-likeness (QED) is 0.593. The van der Waals surface area contributed by atoms with Gasteiger partial charge in [0.25, 0.3) is 5.69 Å². The van der Waals surface area contributed by atoms with Gasteiger partial charge in [0, 0.05) is 40.8 Å². The Hall–Kier alpha value is -2.27. The molecule has 0 amide bonds. The van der Waals surface area contributed by atoms with Crippen LogP contribution in [0.4, 0.5) is 22.7 Å². The molecule has 0 spiro atoms. The van der Waals surface area contributed by atoms with E-state index in [0.717, 1.165) is 24.3 Å². The molecule has 0 aliphatic rings. The molecule has 21 heavy (non-hydrogen) atoms. The summed E-state index contributed by atoms with van der Waals surface area (Å²) in [5, 5.41) is 18.0. The topological polar surface area (TPSA) is 67.2 Å². The normalized spacial score (nSPS) is 10.2. The molecular weight excluding hydrogens is 290 g/mol. The monoisotopic (exact) mass is 305 g/mol. The molecule has 2 rings (SSSR count). The summed E-state index contributed by atoms with van der Waals surface area (Å²) in [6.07, 6.45) is 0.947. The van der Waals surface area contributed by atoms with Gasteiger partial charge in [0.05, 0.1) is 4.92 Å². The highest BCUT2D eigenvalue weighted by atomic mass is 35.5. The van der Waals surface area contributed by atoms with Crippen molar-refractivity contribution in [2.75, 3.05) is 17.2 Å². The number of hydrogen-bond donors (Lipinski definition) is 2. The third kappa shape index (κ3) is 4.36. The number of nitro groups is 1. The summed E-state index contributed by atoms with van der Waals surface area (Å²) >= 11 is 5.84. The molecule has 0 aromatic heterocycles. The number of hydrogen-bond acceptors (Lipinski definition) is 4. The van der Waals surface area contributed by atoms with Crippen molar-refractivity contribution < 1.29 is 4.92 Å². The summed E-state index contributed by atoms with van der Waals surface area (Å²) in [5.41, 5.74) is 2.25. The van der Waals surface area contributed by atoms with Crippen LogP contribution in [0.25, 0.3) is 0 Å². The maximum atomic E-state index is 11.0. The molecule has 0 atom stereocenters. The standard InChI is InChI=1S/C15H16ClN3O2/c1-2-7-17-13-8-14(10-15(9-13)19(20)21)18-12-5-3-11(16)4-6-12/h3-6,8-10,17-18H,2,7H2,1H3. The summed E-state index contributed by atoms with van der Waals surface area (Å²) in [4.78, 5) is 10.6. The minimum absolute atomic E-state index is 0.0487. The van der Waals surface area contributed by atoms with Crippen LogP contribution in [0.5, 0.6) is 0 Å². The molecule has 6 heteroatoms. The molecule has 0 aliphatic carbocycles. The summed E-state index contributed by atoms with van der Waals surface area (Å²) in [7, 11) is 0. The Bertz CT molecular complexity index is 629. The number of nitrogens with one attached hydrogen (secondary N) is 2. The van der Waals surface area contributed by atoms with Crippen LogP contribution in [0.2, 0.25) is 5.02 Å². The van der Waals surface area contributed by atoms with Gasteiger partial charge in [-0.25, -0.2) is 0 Å². The van der Waals surface area contributed by atoms with E-state index in [0.29, 0.717) is 10.7 Å². The van der Waals surface area contributed by atoms with E-state index in [-0.39, 0.29) is 5.69 Å². The van der Waals surface area contributed by atoms with Crippen LogP contribution in [-0.4, -0.2) is 11.5 Å². The maximum Gasteiger partial charge on any atom is 0.273 e. The fourth-order valence-corrected chi connectivity index (χ4v) is 1.99. The molecule has 5 nitrogen and oxygen atoms in total. The van der Waals surface area contributed by atoms with Crippen LogP contribution in [0, 0.1) is 10.1 Å². The lowest BCUT2D eigenvalue weighted by Gasteiger charge is -2.10. The molecule has 2 N–H and O–H groups in total. The van der Waals surface area contributed by atoms with Crippen LogP contribution in [-0.2, 0) is 0 Å². The minimum Gasteiger partial charge on any atom is -0.385 e. The van der Waals surface area contributed by atoms with Crippen molar-refractivity contribution in [1.82, 2.24) is 0 Å². The molecule has 0 heterocycles. The van der Waals surface area contributed by atoms with Crippen LogP contribution >= 0.6 is 11.6 Å². The Labute approximate surface area is 128 Å². The number of benzene rings is 2. The zero-order chi connectivity index (χ0) is 15.2. The summed E-state index contributed by atoms with van der Waals surface area (Å²) < 4.78 is 0. The minimum atomic E-state index is -0.399. The van der Waals surface area contributed by atoms with Crippen molar-refractivity contribution in [3.8, 4) is 0 Å². The molecule has 0 saturated heterocycles. The smallest absolute Gasteiger partial charge is 0.273 e. The molecule has 110 valence electrons. The average molecular weight is 306 g/mol. The van der Waals surface area contributed by atoms with Gasteiger partial charge in [-0.3, -0.25) is 10.1 Å². The number of nitrogens with zero attached hydrogens (tertiary/aromatic N) is 1. The lowest BCUT2D eigenvalue weighted by molar-refractivity contribution is -0.384. The first kappa shape index (κ1) is 15.1. The fraction of sp³-hybridized carbons (Fsp3) is 0.200.